The lowest BCUT2D eigenvalue weighted by Gasteiger charge is -2.25. The van der Waals surface area contributed by atoms with E-state index in [0.717, 1.165) is 10.0 Å². The average Bonchev–Trinajstić information content (AvgIpc) is 2.99. The largest absolute Gasteiger partial charge is 0.507 e. The molecule has 1 fully saturated rings. The van der Waals surface area contributed by atoms with Crippen molar-refractivity contribution in [2.75, 3.05) is 4.90 Å². The highest BCUT2D eigenvalue weighted by molar-refractivity contribution is 9.10. The van der Waals surface area contributed by atoms with Crippen LogP contribution in [-0.2, 0) is 9.59 Å². The molecular formula is C23H17BrN2O3. The van der Waals surface area contributed by atoms with Crippen molar-refractivity contribution in [1.82, 2.24) is 4.98 Å². The summed E-state index contributed by atoms with van der Waals surface area (Å²) < 4.78 is 0.778. The van der Waals surface area contributed by atoms with E-state index < -0.39 is 17.7 Å². The second kappa shape index (κ2) is 7.64. The first-order valence-corrected chi connectivity index (χ1v) is 9.80. The van der Waals surface area contributed by atoms with E-state index in [0.29, 0.717) is 16.8 Å². The second-order valence-electron chi connectivity index (χ2n) is 6.80. The van der Waals surface area contributed by atoms with Crippen LogP contribution in [0.1, 0.15) is 22.7 Å². The molecule has 2 aromatic carbocycles. The van der Waals surface area contributed by atoms with Crippen molar-refractivity contribution in [3.63, 3.8) is 0 Å². The van der Waals surface area contributed by atoms with Gasteiger partial charge in [0.05, 0.1) is 11.6 Å². The summed E-state index contributed by atoms with van der Waals surface area (Å²) in [6, 6.07) is 17.1. The van der Waals surface area contributed by atoms with Gasteiger partial charge in [-0.2, -0.15) is 0 Å². The van der Waals surface area contributed by atoms with E-state index in [1.54, 1.807) is 54.9 Å². The summed E-state index contributed by atoms with van der Waals surface area (Å²) >= 11 is 3.41. The van der Waals surface area contributed by atoms with E-state index in [9.17, 15) is 14.7 Å². The molecule has 144 valence electrons. The summed E-state index contributed by atoms with van der Waals surface area (Å²) in [4.78, 5) is 31.5. The number of aryl methyl sites for hydroxylation is 1. The molecule has 0 spiro atoms. The Kier molecular flexibility index (Phi) is 5.03. The molecule has 1 atom stereocenters. The molecule has 0 radical (unpaired) electrons. The molecule has 29 heavy (non-hydrogen) atoms. The third-order valence-corrected chi connectivity index (χ3v) is 5.35. The molecule has 1 aliphatic heterocycles. The summed E-state index contributed by atoms with van der Waals surface area (Å²) in [5.74, 6) is -1.61. The predicted octanol–water partition coefficient (Wildman–Crippen LogP) is 4.78. The second-order valence-corrected chi connectivity index (χ2v) is 7.72. The number of hydrogen-bond donors (Lipinski definition) is 1. The number of benzene rings is 2. The summed E-state index contributed by atoms with van der Waals surface area (Å²) in [6.45, 7) is 1.94. The van der Waals surface area contributed by atoms with Gasteiger partial charge in [-0.25, -0.2) is 0 Å². The van der Waals surface area contributed by atoms with E-state index in [1.165, 1.54) is 4.90 Å². The number of ketones is 1. The first-order valence-electron chi connectivity index (χ1n) is 9.01. The normalized spacial score (nSPS) is 18.3. The minimum atomic E-state index is -0.778. The van der Waals surface area contributed by atoms with E-state index in [4.69, 9.17) is 0 Å². The Balaban J connectivity index is 1.94. The van der Waals surface area contributed by atoms with Gasteiger partial charge in [-0.1, -0.05) is 57.9 Å². The fourth-order valence-electron chi connectivity index (χ4n) is 3.44. The molecule has 0 aliphatic carbocycles. The summed E-state index contributed by atoms with van der Waals surface area (Å²) in [6.07, 6.45) is 3.22. The Morgan fingerprint density at radius 2 is 1.83 bits per heavy atom. The van der Waals surface area contributed by atoms with Crippen molar-refractivity contribution in [1.29, 1.82) is 0 Å². The fourth-order valence-corrected chi connectivity index (χ4v) is 3.83. The quantitative estimate of drug-likeness (QED) is 0.355. The van der Waals surface area contributed by atoms with E-state index in [-0.39, 0.29) is 11.3 Å². The lowest BCUT2D eigenvalue weighted by molar-refractivity contribution is -0.132. The first-order chi connectivity index (χ1) is 14.0. The molecular weight excluding hydrogens is 432 g/mol. The molecule has 0 saturated carbocycles. The van der Waals surface area contributed by atoms with Crippen molar-refractivity contribution in [3.05, 3.63) is 99.8 Å². The van der Waals surface area contributed by atoms with Gasteiger partial charge in [-0.3, -0.25) is 19.5 Å². The van der Waals surface area contributed by atoms with Crippen LogP contribution in [0.15, 0.2) is 83.1 Å². The number of Topliss-reactive ketones (excluding diaryl/α,β-unsaturated/α-hetero) is 1. The number of carbonyl (C=O) groups is 2. The number of aliphatic hydroxyl groups is 1. The third kappa shape index (κ3) is 3.47. The van der Waals surface area contributed by atoms with Gasteiger partial charge in [0, 0.05) is 28.1 Å². The van der Waals surface area contributed by atoms with Crippen LogP contribution in [0, 0.1) is 6.92 Å². The van der Waals surface area contributed by atoms with E-state index in [2.05, 4.69) is 20.9 Å². The fraction of sp³-hybridized carbons (Fsp3) is 0.0870. The zero-order valence-electron chi connectivity index (χ0n) is 15.5. The number of aromatic nitrogens is 1. The Hall–Kier alpha value is -3.25. The maximum atomic E-state index is 13.0. The number of hydrogen-bond acceptors (Lipinski definition) is 4. The van der Waals surface area contributed by atoms with Crippen LogP contribution >= 0.6 is 15.9 Å². The number of pyridine rings is 1. The molecule has 5 nitrogen and oxygen atoms in total. The van der Waals surface area contributed by atoms with Crippen LogP contribution in [0.25, 0.3) is 5.76 Å². The number of anilines is 1. The predicted molar refractivity (Wildman–Crippen MR) is 114 cm³/mol. The number of rotatable bonds is 3. The zero-order chi connectivity index (χ0) is 20.5. The van der Waals surface area contributed by atoms with E-state index >= 15 is 0 Å². The van der Waals surface area contributed by atoms with E-state index in [1.807, 2.05) is 25.1 Å². The lowest BCUT2D eigenvalue weighted by atomic mass is 9.96. The van der Waals surface area contributed by atoms with Crippen LogP contribution in [0.5, 0.6) is 0 Å². The number of carbonyl (C=O) groups excluding carboxylic acids is 2. The molecule has 1 aliphatic rings. The van der Waals surface area contributed by atoms with Crippen LogP contribution in [-0.4, -0.2) is 21.8 Å². The van der Waals surface area contributed by atoms with Crippen LogP contribution in [0.2, 0.25) is 0 Å². The Bertz CT molecular complexity index is 1120. The van der Waals surface area contributed by atoms with Gasteiger partial charge in [0.2, 0.25) is 0 Å². The Labute approximate surface area is 176 Å². The molecule has 1 aromatic heterocycles. The molecule has 3 aromatic rings. The Morgan fingerprint density at radius 3 is 2.48 bits per heavy atom. The van der Waals surface area contributed by atoms with Gasteiger partial charge in [-0.05, 0) is 36.8 Å². The number of nitrogens with zero attached hydrogens (tertiary/aromatic N) is 2. The topological polar surface area (TPSA) is 70.5 Å². The highest BCUT2D eigenvalue weighted by Crippen LogP contribution is 2.42. The molecule has 4 rings (SSSR count). The minimum Gasteiger partial charge on any atom is -0.507 e. The van der Waals surface area contributed by atoms with Gasteiger partial charge in [0.15, 0.2) is 0 Å². The SMILES string of the molecule is Cc1ccc(/C(O)=C2\C(=O)C(=O)N(c3cccc(Br)c3)C2c2cccnc2)cc1. The highest BCUT2D eigenvalue weighted by Gasteiger charge is 2.47. The maximum Gasteiger partial charge on any atom is 0.300 e. The maximum absolute atomic E-state index is 13.0. The number of amides is 1. The monoisotopic (exact) mass is 448 g/mol. The van der Waals surface area contributed by atoms with Crippen molar-refractivity contribution >= 4 is 39.1 Å². The van der Waals surface area contributed by atoms with Crippen LogP contribution in [0.4, 0.5) is 5.69 Å². The standard InChI is InChI=1S/C23H17BrN2O3/c1-14-7-9-15(10-8-14)21(27)19-20(16-4-3-11-25-13-16)26(23(29)22(19)28)18-6-2-5-17(24)12-18/h2-13,20,27H,1H3/b21-19+. The number of halogens is 1. The summed E-state index contributed by atoms with van der Waals surface area (Å²) in [7, 11) is 0. The van der Waals surface area contributed by atoms with Crippen LogP contribution in [0.3, 0.4) is 0 Å². The Morgan fingerprint density at radius 1 is 1.07 bits per heavy atom. The highest BCUT2D eigenvalue weighted by atomic mass is 79.9. The molecule has 1 amide bonds. The molecule has 1 saturated heterocycles. The minimum absolute atomic E-state index is 0.0480. The van der Waals surface area contributed by atoms with Crippen LogP contribution < -0.4 is 4.90 Å². The van der Waals surface area contributed by atoms with Crippen molar-refractivity contribution < 1.29 is 14.7 Å². The molecule has 1 unspecified atom stereocenters. The zero-order valence-corrected chi connectivity index (χ0v) is 17.1. The summed E-state index contributed by atoms with van der Waals surface area (Å²) in [5, 5.41) is 11.0. The molecule has 0 bridgehead atoms. The molecule has 1 N–H and O–H groups in total. The van der Waals surface area contributed by atoms with Gasteiger partial charge in [-0.15, -0.1) is 0 Å². The van der Waals surface area contributed by atoms with Gasteiger partial charge in [0.25, 0.3) is 11.7 Å². The van der Waals surface area contributed by atoms with Crippen molar-refractivity contribution in [3.8, 4) is 0 Å². The third-order valence-electron chi connectivity index (χ3n) is 4.86. The van der Waals surface area contributed by atoms with Crippen molar-refractivity contribution in [2.24, 2.45) is 0 Å². The first kappa shape index (κ1) is 19.1. The van der Waals surface area contributed by atoms with Gasteiger partial charge >= 0.3 is 0 Å². The van der Waals surface area contributed by atoms with Crippen molar-refractivity contribution in [2.45, 2.75) is 13.0 Å². The number of aliphatic hydroxyl groups excluding tert-OH is 1. The lowest BCUT2D eigenvalue weighted by Crippen LogP contribution is -2.29. The van der Waals surface area contributed by atoms with Gasteiger partial charge < -0.3 is 5.11 Å². The molecule has 6 heteroatoms. The summed E-state index contributed by atoms with van der Waals surface area (Å²) in [5.41, 5.74) is 2.75. The average molecular weight is 449 g/mol. The smallest absolute Gasteiger partial charge is 0.300 e. The van der Waals surface area contributed by atoms with Gasteiger partial charge in [0.1, 0.15) is 5.76 Å². The molecule has 2 heterocycles.